The van der Waals surface area contributed by atoms with Gasteiger partial charge in [-0.2, -0.15) is 0 Å². The lowest BCUT2D eigenvalue weighted by atomic mass is 9.69. The molecule has 0 radical (unpaired) electrons. The molecular weight excluding hydrogens is 464 g/mol. The predicted molar refractivity (Wildman–Crippen MR) is 143 cm³/mol. The molecule has 0 bridgehead atoms. The maximum absolute atomic E-state index is 9.86. The quantitative estimate of drug-likeness (QED) is 0.310. The first-order valence-corrected chi connectivity index (χ1v) is 12.6. The molecule has 0 saturated heterocycles. The Bertz CT molecular complexity index is 943. The summed E-state index contributed by atoms with van der Waals surface area (Å²) in [6, 6.07) is 9.97. The van der Waals surface area contributed by atoms with Crippen molar-refractivity contribution in [1.29, 1.82) is 0 Å². The molecule has 1 atom stereocenters. The van der Waals surface area contributed by atoms with Gasteiger partial charge in [0, 0.05) is 25.3 Å². The highest BCUT2D eigenvalue weighted by Gasteiger charge is 2.30. The van der Waals surface area contributed by atoms with Crippen LogP contribution >= 0.6 is 11.6 Å². The van der Waals surface area contributed by atoms with Gasteiger partial charge in [-0.05, 0) is 58.6 Å². The maximum Gasteiger partial charge on any atom is 0.138 e. The molecule has 35 heavy (non-hydrogen) atoms. The van der Waals surface area contributed by atoms with Gasteiger partial charge in [0.2, 0.25) is 0 Å². The van der Waals surface area contributed by atoms with Gasteiger partial charge in [-0.15, -0.1) is 0 Å². The second-order valence-corrected chi connectivity index (χ2v) is 11.7. The van der Waals surface area contributed by atoms with Crippen molar-refractivity contribution in [2.75, 3.05) is 27.4 Å². The average Bonchev–Trinajstić information content (AvgIpc) is 2.75. The molecule has 2 aromatic rings. The number of benzene rings is 2. The third-order valence-electron chi connectivity index (χ3n) is 5.89. The van der Waals surface area contributed by atoms with Gasteiger partial charge in [-0.1, -0.05) is 59.2 Å². The summed E-state index contributed by atoms with van der Waals surface area (Å²) in [7, 11) is 3.27. The van der Waals surface area contributed by atoms with Crippen molar-refractivity contribution in [2.45, 2.75) is 73.7 Å². The van der Waals surface area contributed by atoms with Crippen LogP contribution in [0.4, 0.5) is 0 Å². The Morgan fingerprint density at radius 3 is 2.03 bits per heavy atom. The molecule has 0 fully saturated rings. The lowest BCUT2D eigenvalue weighted by molar-refractivity contribution is 0.170. The van der Waals surface area contributed by atoms with Crippen LogP contribution in [0.3, 0.4) is 0 Å². The molecule has 2 aromatic carbocycles. The van der Waals surface area contributed by atoms with Crippen LogP contribution in [0.15, 0.2) is 30.3 Å². The van der Waals surface area contributed by atoms with E-state index in [1.807, 2.05) is 24.3 Å². The monoisotopic (exact) mass is 506 g/mol. The first-order valence-electron chi connectivity index (χ1n) is 12.2. The molecule has 0 saturated carbocycles. The van der Waals surface area contributed by atoms with E-state index in [9.17, 15) is 5.11 Å². The topological polar surface area (TPSA) is 57.2 Å². The fourth-order valence-electron chi connectivity index (χ4n) is 4.32. The SMILES string of the molecule is COCc1cc(CO)c(OCCOc2ccc(C(CC(C)(C)C)C(C)(C)C)cc2Cl)c(COC)c1. The van der Waals surface area contributed by atoms with Gasteiger partial charge in [0.25, 0.3) is 0 Å². The van der Waals surface area contributed by atoms with E-state index < -0.39 is 0 Å². The fraction of sp³-hybridized carbons (Fsp3) is 0.586. The Hall–Kier alpha value is -1.79. The molecule has 0 amide bonds. The summed E-state index contributed by atoms with van der Waals surface area (Å²) in [5.74, 6) is 1.64. The number of hydrogen-bond donors (Lipinski definition) is 1. The van der Waals surface area contributed by atoms with Crippen molar-refractivity contribution in [3.05, 3.63) is 57.6 Å². The van der Waals surface area contributed by atoms with E-state index in [1.54, 1.807) is 14.2 Å². The zero-order chi connectivity index (χ0) is 26.2. The molecule has 196 valence electrons. The van der Waals surface area contributed by atoms with Gasteiger partial charge >= 0.3 is 0 Å². The normalized spacial score (nSPS) is 13.1. The number of methoxy groups -OCH3 is 2. The van der Waals surface area contributed by atoms with E-state index in [4.69, 9.17) is 30.5 Å². The van der Waals surface area contributed by atoms with E-state index in [2.05, 4.69) is 47.6 Å². The number of ether oxygens (including phenoxy) is 4. The van der Waals surface area contributed by atoms with E-state index in [0.29, 0.717) is 54.4 Å². The molecule has 2 rings (SSSR count). The van der Waals surface area contributed by atoms with E-state index in [-0.39, 0.29) is 17.4 Å². The summed E-state index contributed by atoms with van der Waals surface area (Å²) in [6.45, 7) is 15.0. The Balaban J connectivity index is 2.09. The zero-order valence-electron chi connectivity index (χ0n) is 22.7. The first kappa shape index (κ1) is 29.4. The van der Waals surface area contributed by atoms with Gasteiger partial charge in [-0.25, -0.2) is 0 Å². The second-order valence-electron chi connectivity index (χ2n) is 11.3. The molecule has 0 aliphatic carbocycles. The number of hydrogen-bond acceptors (Lipinski definition) is 5. The molecule has 0 aromatic heterocycles. The zero-order valence-corrected chi connectivity index (χ0v) is 23.4. The van der Waals surface area contributed by atoms with Crippen LogP contribution in [-0.2, 0) is 29.3 Å². The second kappa shape index (κ2) is 13.0. The van der Waals surface area contributed by atoms with Crippen LogP contribution in [0.1, 0.15) is 76.1 Å². The van der Waals surface area contributed by atoms with Crippen molar-refractivity contribution >= 4 is 11.6 Å². The third kappa shape index (κ3) is 8.98. The Morgan fingerprint density at radius 2 is 1.49 bits per heavy atom. The van der Waals surface area contributed by atoms with Crippen molar-refractivity contribution in [1.82, 2.24) is 0 Å². The summed E-state index contributed by atoms with van der Waals surface area (Å²) in [5.41, 5.74) is 4.08. The first-order chi connectivity index (χ1) is 16.4. The van der Waals surface area contributed by atoms with Crippen LogP contribution in [0.2, 0.25) is 5.02 Å². The molecule has 0 spiro atoms. The van der Waals surface area contributed by atoms with Crippen molar-refractivity contribution in [2.24, 2.45) is 10.8 Å². The van der Waals surface area contributed by atoms with E-state index in [1.165, 1.54) is 5.56 Å². The molecule has 0 heterocycles. The third-order valence-corrected chi connectivity index (χ3v) is 6.19. The molecule has 1 N–H and O–H groups in total. The lowest BCUT2D eigenvalue weighted by Gasteiger charge is -2.36. The number of halogens is 1. The summed E-state index contributed by atoms with van der Waals surface area (Å²) in [5, 5.41) is 10.5. The number of aliphatic hydroxyl groups excluding tert-OH is 1. The fourth-order valence-corrected chi connectivity index (χ4v) is 4.57. The van der Waals surface area contributed by atoms with E-state index in [0.717, 1.165) is 17.5 Å². The number of aliphatic hydroxyl groups is 1. The molecule has 6 heteroatoms. The summed E-state index contributed by atoms with van der Waals surface area (Å²) < 4.78 is 22.5. The summed E-state index contributed by atoms with van der Waals surface area (Å²) >= 11 is 6.62. The minimum atomic E-state index is -0.138. The Morgan fingerprint density at radius 1 is 0.857 bits per heavy atom. The molecular formula is C29H43ClO5. The van der Waals surface area contributed by atoms with Crippen molar-refractivity contribution in [3.8, 4) is 11.5 Å². The molecule has 0 aliphatic heterocycles. The molecule has 1 unspecified atom stereocenters. The molecule has 0 aliphatic rings. The van der Waals surface area contributed by atoms with Gasteiger partial charge in [0.1, 0.15) is 24.7 Å². The highest BCUT2D eigenvalue weighted by atomic mass is 35.5. The largest absolute Gasteiger partial charge is 0.489 e. The van der Waals surface area contributed by atoms with Gasteiger partial charge in [0.15, 0.2) is 0 Å². The van der Waals surface area contributed by atoms with Crippen LogP contribution in [0, 0.1) is 10.8 Å². The van der Waals surface area contributed by atoms with Crippen LogP contribution in [0.25, 0.3) is 0 Å². The Kier molecular flexibility index (Phi) is 10.9. The lowest BCUT2D eigenvalue weighted by Crippen LogP contribution is -2.23. The highest BCUT2D eigenvalue weighted by Crippen LogP contribution is 2.44. The Labute approximate surface area is 216 Å². The minimum Gasteiger partial charge on any atom is -0.489 e. The van der Waals surface area contributed by atoms with Gasteiger partial charge in [0.05, 0.1) is 24.8 Å². The van der Waals surface area contributed by atoms with E-state index >= 15 is 0 Å². The number of rotatable bonds is 12. The predicted octanol–water partition coefficient (Wildman–Crippen LogP) is 7.15. The highest BCUT2D eigenvalue weighted by molar-refractivity contribution is 6.32. The van der Waals surface area contributed by atoms with Crippen molar-refractivity contribution < 1.29 is 24.1 Å². The van der Waals surface area contributed by atoms with Gasteiger partial charge < -0.3 is 24.1 Å². The van der Waals surface area contributed by atoms with Crippen LogP contribution in [-0.4, -0.2) is 32.5 Å². The smallest absolute Gasteiger partial charge is 0.138 e. The minimum absolute atomic E-state index is 0.121. The molecule has 5 nitrogen and oxygen atoms in total. The van der Waals surface area contributed by atoms with Crippen molar-refractivity contribution in [3.63, 3.8) is 0 Å². The standard InChI is InChI=1S/C29H43ClO5/c1-28(2,3)16-24(29(4,5)6)21-9-10-26(25(30)15-21)34-11-12-35-27-22(17-31)13-20(18-32-7)14-23(27)19-33-8/h9-10,13-15,24,31H,11-12,16-19H2,1-8H3. The van der Waals surface area contributed by atoms with Crippen LogP contribution in [0.5, 0.6) is 11.5 Å². The summed E-state index contributed by atoms with van der Waals surface area (Å²) in [4.78, 5) is 0. The van der Waals surface area contributed by atoms with Gasteiger partial charge in [-0.3, -0.25) is 0 Å². The maximum atomic E-state index is 9.86. The average molecular weight is 507 g/mol. The van der Waals surface area contributed by atoms with Crippen LogP contribution < -0.4 is 9.47 Å². The summed E-state index contributed by atoms with van der Waals surface area (Å²) in [6.07, 6.45) is 1.07.